The molecule has 0 bridgehead atoms. The number of ether oxygens (including phenoxy) is 2. The van der Waals surface area contributed by atoms with E-state index in [4.69, 9.17) is 20.6 Å². The van der Waals surface area contributed by atoms with Gasteiger partial charge >= 0.3 is 0 Å². The Morgan fingerprint density at radius 3 is 2.37 bits per heavy atom. The van der Waals surface area contributed by atoms with E-state index < -0.39 is 6.10 Å². The van der Waals surface area contributed by atoms with Crippen molar-refractivity contribution in [3.63, 3.8) is 0 Å². The van der Waals surface area contributed by atoms with E-state index in [1.54, 1.807) is 12.1 Å². The Morgan fingerprint density at radius 2 is 1.80 bits per heavy atom. The quantitative estimate of drug-likeness (QED) is 0.458. The fourth-order valence-corrected chi connectivity index (χ4v) is 3.49. The van der Waals surface area contributed by atoms with Crippen LogP contribution in [-0.2, 0) is 16.1 Å². The highest BCUT2D eigenvalue weighted by molar-refractivity contribution is 5.94. The van der Waals surface area contributed by atoms with Gasteiger partial charge in [0.2, 0.25) is 0 Å². The smallest absolute Gasteiger partial charge is 0.254 e. The fraction of sp³-hybridized carbons (Fsp3) is 0.391. The van der Waals surface area contributed by atoms with Crippen LogP contribution in [0.15, 0.2) is 48.5 Å². The van der Waals surface area contributed by atoms with Crippen molar-refractivity contribution in [2.24, 2.45) is 5.73 Å². The number of nitrogens with two attached hydrogens (primary N) is 1. The Hall–Kier alpha value is -2.90. The van der Waals surface area contributed by atoms with E-state index in [0.29, 0.717) is 12.1 Å². The van der Waals surface area contributed by atoms with E-state index in [1.165, 1.54) is 7.11 Å². The maximum absolute atomic E-state index is 12.6. The molecule has 1 amide bonds. The van der Waals surface area contributed by atoms with Crippen LogP contribution in [0.4, 0.5) is 0 Å². The Bertz CT molecular complexity index is 844. The van der Waals surface area contributed by atoms with E-state index in [9.17, 15) is 4.79 Å². The van der Waals surface area contributed by atoms with E-state index in [1.807, 2.05) is 36.4 Å². The van der Waals surface area contributed by atoms with Crippen molar-refractivity contribution in [3.05, 3.63) is 65.2 Å². The van der Waals surface area contributed by atoms with Crippen molar-refractivity contribution in [2.45, 2.75) is 31.6 Å². The molecule has 0 spiro atoms. The number of rotatable bonds is 8. The molecule has 0 aliphatic carbocycles. The van der Waals surface area contributed by atoms with Crippen LogP contribution in [0.5, 0.6) is 5.75 Å². The van der Waals surface area contributed by atoms with Crippen LogP contribution in [0.25, 0.3) is 0 Å². The summed E-state index contributed by atoms with van der Waals surface area (Å²) >= 11 is 0. The maximum atomic E-state index is 12.6. The van der Waals surface area contributed by atoms with Gasteiger partial charge in [0.1, 0.15) is 17.7 Å². The number of hydrogen-bond donors (Lipinski definition) is 3. The number of methoxy groups -OCH3 is 1. The van der Waals surface area contributed by atoms with Gasteiger partial charge in [-0.05, 0) is 43.1 Å². The zero-order chi connectivity index (χ0) is 21.5. The zero-order valence-electron chi connectivity index (χ0n) is 17.6. The minimum absolute atomic E-state index is 0.0216. The molecule has 7 nitrogen and oxygen atoms in total. The number of nitrogens with zero attached hydrogens (tertiary/aromatic N) is 1. The predicted octanol–water partition coefficient (Wildman–Crippen LogP) is 2.45. The largest absolute Gasteiger partial charge is 0.490 e. The van der Waals surface area contributed by atoms with Gasteiger partial charge < -0.3 is 25.4 Å². The molecule has 7 heteroatoms. The lowest BCUT2D eigenvalue weighted by molar-refractivity contribution is -0.131. The third-order valence-corrected chi connectivity index (χ3v) is 5.36. The molecule has 1 heterocycles. The molecule has 2 aromatic carbocycles. The number of amides is 1. The topological polar surface area (TPSA) is 101 Å². The van der Waals surface area contributed by atoms with Crippen molar-refractivity contribution >= 4 is 11.7 Å². The summed E-state index contributed by atoms with van der Waals surface area (Å²) in [6.07, 6.45) is 1.59. The summed E-state index contributed by atoms with van der Waals surface area (Å²) < 4.78 is 11.5. The number of piperidine rings is 1. The molecular weight excluding hydrogens is 380 g/mol. The normalized spacial score (nSPS) is 16.1. The van der Waals surface area contributed by atoms with Crippen LogP contribution in [0.2, 0.25) is 0 Å². The van der Waals surface area contributed by atoms with Crippen molar-refractivity contribution < 1.29 is 14.3 Å². The summed E-state index contributed by atoms with van der Waals surface area (Å²) in [5.41, 5.74) is 7.81. The van der Waals surface area contributed by atoms with Gasteiger partial charge in [-0.15, -0.1) is 0 Å². The van der Waals surface area contributed by atoms with Gasteiger partial charge in [0.05, 0.1) is 0 Å². The number of likely N-dealkylation sites (tertiary alicyclic amines) is 1. The van der Waals surface area contributed by atoms with Crippen molar-refractivity contribution in [1.29, 1.82) is 5.41 Å². The molecule has 1 fully saturated rings. The minimum Gasteiger partial charge on any atom is -0.490 e. The third kappa shape index (κ3) is 5.81. The van der Waals surface area contributed by atoms with Crippen LogP contribution in [0, 0.1) is 5.41 Å². The molecule has 0 saturated carbocycles. The Morgan fingerprint density at radius 1 is 1.17 bits per heavy atom. The average molecular weight is 411 g/mol. The van der Waals surface area contributed by atoms with E-state index in [-0.39, 0.29) is 17.8 Å². The first-order chi connectivity index (χ1) is 14.5. The summed E-state index contributed by atoms with van der Waals surface area (Å²) in [7, 11) is 3.65. The number of hydrogen-bond acceptors (Lipinski definition) is 5. The SMILES string of the molecule is CO[C@H](C(=O)NCc1ccc(C(=N)N)cc1)c1ccc(OC2CCN(C)CC2)cc1. The number of nitrogen functional groups attached to an aromatic ring is 1. The van der Waals surface area contributed by atoms with Gasteiger partial charge in [-0.25, -0.2) is 0 Å². The molecule has 0 radical (unpaired) electrons. The molecule has 160 valence electrons. The molecule has 1 aliphatic rings. The molecule has 2 aromatic rings. The van der Waals surface area contributed by atoms with E-state index >= 15 is 0 Å². The Labute approximate surface area is 177 Å². The van der Waals surface area contributed by atoms with E-state index in [2.05, 4.69) is 17.3 Å². The van der Waals surface area contributed by atoms with Gasteiger partial charge in [-0.3, -0.25) is 10.2 Å². The molecule has 4 N–H and O–H groups in total. The van der Waals surface area contributed by atoms with Gasteiger partial charge in [-0.2, -0.15) is 0 Å². The number of amidine groups is 1. The fourth-order valence-electron chi connectivity index (χ4n) is 3.49. The molecule has 1 atom stereocenters. The molecule has 0 aromatic heterocycles. The molecule has 1 aliphatic heterocycles. The second kappa shape index (κ2) is 10.2. The first-order valence-electron chi connectivity index (χ1n) is 10.1. The van der Waals surface area contributed by atoms with Gasteiger partial charge in [0.15, 0.2) is 6.10 Å². The monoisotopic (exact) mass is 410 g/mol. The molecular formula is C23H30N4O3. The van der Waals surface area contributed by atoms with Crippen LogP contribution >= 0.6 is 0 Å². The number of nitrogens with one attached hydrogen (secondary N) is 2. The van der Waals surface area contributed by atoms with Gasteiger partial charge in [0.25, 0.3) is 5.91 Å². The molecule has 1 saturated heterocycles. The molecule has 3 rings (SSSR count). The summed E-state index contributed by atoms with van der Waals surface area (Å²) in [5.74, 6) is 0.625. The second-order valence-corrected chi connectivity index (χ2v) is 7.63. The first-order valence-corrected chi connectivity index (χ1v) is 10.1. The third-order valence-electron chi connectivity index (χ3n) is 5.36. The Balaban J connectivity index is 1.55. The second-order valence-electron chi connectivity index (χ2n) is 7.63. The van der Waals surface area contributed by atoms with Crippen LogP contribution in [0.3, 0.4) is 0 Å². The van der Waals surface area contributed by atoms with Crippen molar-refractivity contribution in [1.82, 2.24) is 10.2 Å². The van der Waals surface area contributed by atoms with Crippen LogP contribution < -0.4 is 15.8 Å². The lowest BCUT2D eigenvalue weighted by atomic mass is 10.1. The summed E-state index contributed by atoms with van der Waals surface area (Å²) in [5, 5.41) is 10.3. The highest BCUT2D eigenvalue weighted by atomic mass is 16.5. The minimum atomic E-state index is -0.695. The zero-order valence-corrected chi connectivity index (χ0v) is 17.6. The van der Waals surface area contributed by atoms with Gasteiger partial charge in [0, 0.05) is 32.3 Å². The standard InChI is InChI=1S/C23H30N4O3/c1-27-13-11-20(12-14-27)30-19-9-7-17(8-10-19)21(29-2)23(28)26-15-16-3-5-18(6-4-16)22(24)25/h3-10,20-21H,11-15H2,1-2H3,(H3,24,25)(H,26,28)/t21-/m0/s1. The van der Waals surface area contributed by atoms with Crippen molar-refractivity contribution in [2.75, 3.05) is 27.2 Å². The number of carbonyl (C=O) groups is 1. The van der Waals surface area contributed by atoms with Crippen LogP contribution in [0.1, 0.15) is 35.6 Å². The summed E-state index contributed by atoms with van der Waals surface area (Å²) in [4.78, 5) is 14.9. The van der Waals surface area contributed by atoms with Crippen LogP contribution in [-0.4, -0.2) is 50.0 Å². The lowest BCUT2D eigenvalue weighted by Gasteiger charge is -2.29. The van der Waals surface area contributed by atoms with Crippen molar-refractivity contribution in [3.8, 4) is 5.75 Å². The number of benzene rings is 2. The summed E-state index contributed by atoms with van der Waals surface area (Å²) in [6, 6.07) is 14.8. The average Bonchev–Trinajstić information content (AvgIpc) is 2.76. The lowest BCUT2D eigenvalue weighted by Crippen LogP contribution is -2.35. The predicted molar refractivity (Wildman–Crippen MR) is 117 cm³/mol. The highest BCUT2D eigenvalue weighted by Crippen LogP contribution is 2.23. The van der Waals surface area contributed by atoms with Gasteiger partial charge in [-0.1, -0.05) is 36.4 Å². The number of carbonyl (C=O) groups excluding carboxylic acids is 1. The van der Waals surface area contributed by atoms with E-state index in [0.717, 1.165) is 42.8 Å². The summed E-state index contributed by atoms with van der Waals surface area (Å²) in [6.45, 7) is 2.46. The molecule has 0 unspecified atom stereocenters. The maximum Gasteiger partial charge on any atom is 0.254 e. The Kier molecular flexibility index (Phi) is 7.43. The highest BCUT2D eigenvalue weighted by Gasteiger charge is 2.21. The first kappa shape index (κ1) is 21.8. The molecule has 30 heavy (non-hydrogen) atoms.